The van der Waals surface area contributed by atoms with Crippen molar-refractivity contribution in [1.82, 2.24) is 19.5 Å². The number of benzene rings is 1. The molecule has 9 nitrogen and oxygen atoms in total. The van der Waals surface area contributed by atoms with E-state index in [1.807, 2.05) is 17.2 Å². The molecule has 0 aliphatic carbocycles. The number of nitro groups is 1. The molecule has 0 spiro atoms. The first kappa shape index (κ1) is 19.9. The number of pyridine rings is 1. The molecule has 4 aromatic rings. The van der Waals surface area contributed by atoms with Crippen LogP contribution in [0, 0.1) is 10.1 Å². The molecule has 1 aromatic carbocycles. The van der Waals surface area contributed by atoms with Crippen molar-refractivity contribution in [3.05, 3.63) is 82.2 Å². The number of nitrogens with one attached hydrogen (secondary N) is 1. The van der Waals surface area contributed by atoms with Gasteiger partial charge in [0.15, 0.2) is 5.82 Å². The molecule has 162 valence electrons. The van der Waals surface area contributed by atoms with Crippen LogP contribution in [-0.4, -0.2) is 43.3 Å². The van der Waals surface area contributed by atoms with E-state index in [-0.39, 0.29) is 22.9 Å². The Hall–Kier alpha value is -4.01. The van der Waals surface area contributed by atoms with Crippen molar-refractivity contribution in [2.75, 3.05) is 18.0 Å². The minimum absolute atomic E-state index is 0.0557. The number of nitrogens with zero attached hydrogens (tertiary/aromatic N) is 5. The Morgan fingerprint density at radius 2 is 2.00 bits per heavy atom. The van der Waals surface area contributed by atoms with E-state index in [1.54, 1.807) is 36.1 Å². The highest BCUT2D eigenvalue weighted by molar-refractivity contribution is 6.07. The van der Waals surface area contributed by atoms with Crippen molar-refractivity contribution in [2.24, 2.45) is 7.05 Å². The lowest BCUT2D eigenvalue weighted by atomic mass is 9.89. The fourth-order valence-corrected chi connectivity index (χ4v) is 4.54. The molecule has 4 heterocycles. The topological polar surface area (TPSA) is 110 Å². The predicted octanol–water partition coefficient (Wildman–Crippen LogP) is 3.82. The van der Waals surface area contributed by atoms with E-state index < -0.39 is 4.92 Å². The third kappa shape index (κ3) is 3.41. The number of aromatic amines is 1. The highest BCUT2D eigenvalue weighted by Gasteiger charge is 2.28. The minimum Gasteiger partial charge on any atom is -0.366 e. The smallest absolute Gasteiger partial charge is 0.293 e. The third-order valence-corrected chi connectivity index (χ3v) is 6.22. The van der Waals surface area contributed by atoms with Crippen LogP contribution >= 0.6 is 0 Å². The van der Waals surface area contributed by atoms with Crippen molar-refractivity contribution in [3.63, 3.8) is 0 Å². The number of piperidine rings is 1. The van der Waals surface area contributed by atoms with Gasteiger partial charge < -0.3 is 14.5 Å². The second-order valence-electron chi connectivity index (χ2n) is 8.06. The zero-order valence-electron chi connectivity index (χ0n) is 17.6. The Morgan fingerprint density at radius 3 is 2.72 bits per heavy atom. The summed E-state index contributed by atoms with van der Waals surface area (Å²) in [6.07, 6.45) is 8.76. The zero-order chi connectivity index (χ0) is 22.2. The first-order chi connectivity index (χ1) is 15.5. The molecular formula is C23H22N6O3. The molecule has 1 saturated heterocycles. The van der Waals surface area contributed by atoms with Gasteiger partial charge in [0.05, 0.1) is 4.92 Å². The van der Waals surface area contributed by atoms with E-state index in [4.69, 9.17) is 0 Å². The number of rotatable bonds is 5. The number of ketones is 1. The van der Waals surface area contributed by atoms with E-state index in [9.17, 15) is 14.9 Å². The van der Waals surface area contributed by atoms with Crippen molar-refractivity contribution in [3.8, 4) is 0 Å². The molecule has 0 bridgehead atoms. The van der Waals surface area contributed by atoms with Crippen LogP contribution < -0.4 is 4.90 Å². The molecule has 1 fully saturated rings. The quantitative estimate of drug-likeness (QED) is 0.293. The summed E-state index contributed by atoms with van der Waals surface area (Å²) >= 11 is 0. The van der Waals surface area contributed by atoms with E-state index in [0.29, 0.717) is 24.7 Å². The number of aryl methyl sites for hydroxylation is 1. The van der Waals surface area contributed by atoms with Crippen LogP contribution in [0.4, 0.5) is 11.4 Å². The average molecular weight is 430 g/mol. The van der Waals surface area contributed by atoms with E-state index in [1.165, 1.54) is 17.8 Å². The van der Waals surface area contributed by atoms with Crippen molar-refractivity contribution < 1.29 is 9.72 Å². The van der Waals surface area contributed by atoms with Crippen LogP contribution in [0.3, 0.4) is 0 Å². The molecule has 0 atom stereocenters. The number of carbonyl (C=O) groups excluding carboxylic acids is 1. The van der Waals surface area contributed by atoms with Gasteiger partial charge in [-0.2, -0.15) is 0 Å². The van der Waals surface area contributed by atoms with Crippen molar-refractivity contribution in [1.29, 1.82) is 0 Å². The van der Waals surface area contributed by atoms with Gasteiger partial charge in [-0.25, -0.2) is 9.97 Å². The summed E-state index contributed by atoms with van der Waals surface area (Å²) in [4.78, 5) is 37.8. The van der Waals surface area contributed by atoms with Crippen LogP contribution in [0.25, 0.3) is 11.0 Å². The molecule has 1 aliphatic heterocycles. The molecule has 0 amide bonds. The molecule has 0 unspecified atom stereocenters. The SMILES string of the molecule is Cn1ccnc1C(=O)c1ccc(N2CCC(c3c[nH]c4ncccc34)CC2)c([N+](=O)[O-])c1. The highest BCUT2D eigenvalue weighted by atomic mass is 16.6. The molecular weight excluding hydrogens is 408 g/mol. The monoisotopic (exact) mass is 430 g/mol. The highest BCUT2D eigenvalue weighted by Crippen LogP contribution is 2.37. The summed E-state index contributed by atoms with van der Waals surface area (Å²) < 4.78 is 1.60. The maximum atomic E-state index is 12.7. The number of aromatic nitrogens is 4. The second kappa shape index (κ2) is 7.92. The molecule has 9 heteroatoms. The molecule has 3 aromatic heterocycles. The minimum atomic E-state index is -0.415. The molecule has 1 aliphatic rings. The normalized spacial score (nSPS) is 14.7. The van der Waals surface area contributed by atoms with Crippen molar-refractivity contribution >= 4 is 28.2 Å². The van der Waals surface area contributed by atoms with Crippen LogP contribution in [0.1, 0.15) is 40.5 Å². The summed E-state index contributed by atoms with van der Waals surface area (Å²) in [6, 6.07) is 8.71. The molecule has 0 saturated carbocycles. The summed E-state index contributed by atoms with van der Waals surface area (Å²) in [5.74, 6) is 0.285. The Labute approximate surface area is 183 Å². The van der Waals surface area contributed by atoms with Gasteiger partial charge in [-0.1, -0.05) is 0 Å². The summed E-state index contributed by atoms with van der Waals surface area (Å²) in [5, 5.41) is 13.0. The van der Waals surface area contributed by atoms with Crippen LogP contribution in [0.15, 0.2) is 55.1 Å². The average Bonchev–Trinajstić information content (AvgIpc) is 3.44. The first-order valence-corrected chi connectivity index (χ1v) is 10.5. The molecule has 0 radical (unpaired) electrons. The number of fused-ring (bicyclic) bond motifs is 1. The maximum absolute atomic E-state index is 12.7. The fourth-order valence-electron chi connectivity index (χ4n) is 4.54. The number of hydrogen-bond acceptors (Lipinski definition) is 6. The first-order valence-electron chi connectivity index (χ1n) is 10.5. The van der Waals surface area contributed by atoms with E-state index >= 15 is 0 Å². The number of H-pyrrole nitrogens is 1. The number of hydrogen-bond donors (Lipinski definition) is 1. The zero-order valence-corrected chi connectivity index (χ0v) is 17.6. The van der Waals surface area contributed by atoms with Crippen LogP contribution in [0.2, 0.25) is 0 Å². The standard InChI is InChI=1S/C23H22N6O3/c1-27-12-9-25-23(27)21(30)16-4-5-19(20(13-16)29(31)32)28-10-6-15(7-11-28)18-14-26-22-17(18)3-2-8-24-22/h2-5,8-9,12-15H,6-7,10-11H2,1H3,(H,24,26). The van der Waals surface area contributed by atoms with Gasteiger partial charge in [0.2, 0.25) is 5.78 Å². The fraction of sp³-hybridized carbons (Fsp3) is 0.261. The van der Waals surface area contributed by atoms with Gasteiger partial charge >= 0.3 is 0 Å². The number of carbonyl (C=O) groups is 1. The number of nitro benzene ring substituents is 1. The summed E-state index contributed by atoms with van der Waals surface area (Å²) in [7, 11) is 1.72. The van der Waals surface area contributed by atoms with Gasteiger partial charge in [-0.05, 0) is 48.6 Å². The van der Waals surface area contributed by atoms with Gasteiger partial charge in [0.25, 0.3) is 5.69 Å². The third-order valence-electron chi connectivity index (χ3n) is 6.22. The number of imidazole rings is 1. The Morgan fingerprint density at radius 1 is 1.19 bits per heavy atom. The molecule has 5 rings (SSSR count). The second-order valence-corrected chi connectivity index (χ2v) is 8.06. The van der Waals surface area contributed by atoms with Gasteiger partial charge in [-0.15, -0.1) is 0 Å². The van der Waals surface area contributed by atoms with E-state index in [2.05, 4.69) is 21.0 Å². The summed E-state index contributed by atoms with van der Waals surface area (Å²) in [6.45, 7) is 1.40. The molecule has 1 N–H and O–H groups in total. The van der Waals surface area contributed by atoms with Gasteiger partial charge in [0, 0.05) is 61.9 Å². The lowest BCUT2D eigenvalue weighted by Crippen LogP contribution is -2.33. The molecule has 32 heavy (non-hydrogen) atoms. The lowest BCUT2D eigenvalue weighted by Gasteiger charge is -2.33. The number of anilines is 1. The Bertz CT molecular complexity index is 1320. The van der Waals surface area contributed by atoms with Gasteiger partial charge in [0.1, 0.15) is 11.3 Å². The Balaban J connectivity index is 1.38. The summed E-state index contributed by atoms with van der Waals surface area (Å²) in [5.41, 5.74) is 2.88. The van der Waals surface area contributed by atoms with Crippen molar-refractivity contribution in [2.45, 2.75) is 18.8 Å². The largest absolute Gasteiger partial charge is 0.366 e. The lowest BCUT2D eigenvalue weighted by molar-refractivity contribution is -0.384. The van der Waals surface area contributed by atoms with Crippen LogP contribution in [-0.2, 0) is 7.05 Å². The Kier molecular flexibility index (Phi) is 4.93. The predicted molar refractivity (Wildman–Crippen MR) is 120 cm³/mol. The van der Waals surface area contributed by atoms with Gasteiger partial charge in [-0.3, -0.25) is 14.9 Å². The maximum Gasteiger partial charge on any atom is 0.293 e. The van der Waals surface area contributed by atoms with E-state index in [0.717, 1.165) is 23.9 Å². The van der Waals surface area contributed by atoms with Crippen LogP contribution in [0.5, 0.6) is 0 Å².